The third-order valence-electron chi connectivity index (χ3n) is 4.62. The van der Waals surface area contributed by atoms with Crippen molar-refractivity contribution in [1.29, 1.82) is 0 Å². The monoisotopic (exact) mass is 268 g/mol. The van der Waals surface area contributed by atoms with Crippen LogP contribution in [0.25, 0.3) is 10.9 Å². The van der Waals surface area contributed by atoms with Crippen LogP contribution in [0.1, 0.15) is 44.7 Å². The Balaban J connectivity index is 1.61. The van der Waals surface area contributed by atoms with Crippen LogP contribution in [0, 0.1) is 5.92 Å². The quantitative estimate of drug-likeness (QED) is 0.894. The molecule has 0 amide bonds. The lowest BCUT2D eigenvalue weighted by Gasteiger charge is -2.28. The van der Waals surface area contributed by atoms with Gasteiger partial charge in [-0.1, -0.05) is 43.5 Å². The van der Waals surface area contributed by atoms with Crippen LogP contribution >= 0.6 is 0 Å². The van der Waals surface area contributed by atoms with Gasteiger partial charge in [-0.15, -0.1) is 0 Å². The van der Waals surface area contributed by atoms with Gasteiger partial charge in [0, 0.05) is 18.0 Å². The van der Waals surface area contributed by atoms with E-state index in [2.05, 4.69) is 48.6 Å². The highest BCUT2D eigenvalue weighted by atomic mass is 14.9. The molecule has 2 nitrogen and oxygen atoms in total. The van der Waals surface area contributed by atoms with Crippen LogP contribution < -0.4 is 5.32 Å². The van der Waals surface area contributed by atoms with Crippen molar-refractivity contribution >= 4 is 10.9 Å². The van der Waals surface area contributed by atoms with E-state index in [1.807, 2.05) is 0 Å². The Bertz CT molecular complexity index is 558. The zero-order valence-corrected chi connectivity index (χ0v) is 12.3. The van der Waals surface area contributed by atoms with E-state index in [1.54, 1.807) is 0 Å². The van der Waals surface area contributed by atoms with Crippen LogP contribution in [-0.2, 0) is 6.54 Å². The van der Waals surface area contributed by atoms with Crippen LogP contribution in [0.3, 0.4) is 0 Å². The highest BCUT2D eigenvalue weighted by molar-refractivity contribution is 5.78. The number of rotatable bonds is 4. The predicted molar refractivity (Wildman–Crippen MR) is 84.6 cm³/mol. The number of para-hydroxylation sites is 1. The molecule has 1 atom stereocenters. The first kappa shape index (κ1) is 13.6. The molecule has 1 aliphatic carbocycles. The van der Waals surface area contributed by atoms with Crippen molar-refractivity contribution in [2.45, 2.75) is 51.6 Å². The van der Waals surface area contributed by atoms with Crippen molar-refractivity contribution in [2.75, 3.05) is 0 Å². The number of nitrogens with one attached hydrogen (secondary N) is 1. The number of pyridine rings is 1. The first-order chi connectivity index (χ1) is 9.83. The van der Waals surface area contributed by atoms with Gasteiger partial charge < -0.3 is 5.32 Å². The Kier molecular flexibility index (Phi) is 4.31. The van der Waals surface area contributed by atoms with E-state index in [1.165, 1.54) is 37.5 Å². The average molecular weight is 268 g/mol. The van der Waals surface area contributed by atoms with Gasteiger partial charge in [-0.05, 0) is 37.8 Å². The first-order valence-electron chi connectivity index (χ1n) is 7.91. The number of fused-ring (bicyclic) bond motifs is 1. The van der Waals surface area contributed by atoms with Gasteiger partial charge in [-0.2, -0.15) is 0 Å². The maximum Gasteiger partial charge on any atom is 0.0705 e. The summed E-state index contributed by atoms with van der Waals surface area (Å²) in [5.41, 5.74) is 2.24. The SMILES string of the molecule is C[C@@H](NCc1ccc2ccccc2n1)C1CCCCC1. The van der Waals surface area contributed by atoms with Crippen LogP contribution in [0.15, 0.2) is 36.4 Å². The molecule has 1 aliphatic rings. The summed E-state index contributed by atoms with van der Waals surface area (Å²) in [7, 11) is 0. The maximum absolute atomic E-state index is 4.73. The molecule has 0 bridgehead atoms. The van der Waals surface area contributed by atoms with Crippen LogP contribution in [0.2, 0.25) is 0 Å². The van der Waals surface area contributed by atoms with Crippen LogP contribution in [0.5, 0.6) is 0 Å². The Morgan fingerprint density at radius 1 is 1.10 bits per heavy atom. The molecule has 2 aromatic rings. The number of benzene rings is 1. The highest BCUT2D eigenvalue weighted by Crippen LogP contribution is 2.26. The first-order valence-corrected chi connectivity index (χ1v) is 7.91. The van der Waals surface area contributed by atoms with Crippen LogP contribution in [-0.4, -0.2) is 11.0 Å². The van der Waals surface area contributed by atoms with Gasteiger partial charge in [0.1, 0.15) is 0 Å². The van der Waals surface area contributed by atoms with E-state index in [9.17, 15) is 0 Å². The number of aromatic nitrogens is 1. The smallest absolute Gasteiger partial charge is 0.0705 e. The topological polar surface area (TPSA) is 24.9 Å². The normalized spacial score (nSPS) is 18.2. The molecule has 0 aliphatic heterocycles. The van der Waals surface area contributed by atoms with Crippen LogP contribution in [0.4, 0.5) is 0 Å². The Labute approximate surface area is 121 Å². The second-order valence-corrected chi connectivity index (χ2v) is 6.06. The lowest BCUT2D eigenvalue weighted by atomic mass is 9.84. The highest BCUT2D eigenvalue weighted by Gasteiger charge is 2.19. The second kappa shape index (κ2) is 6.36. The zero-order chi connectivity index (χ0) is 13.8. The molecule has 1 saturated carbocycles. The van der Waals surface area contributed by atoms with Gasteiger partial charge in [-0.3, -0.25) is 4.98 Å². The Hall–Kier alpha value is -1.41. The molecule has 1 aromatic carbocycles. The largest absolute Gasteiger partial charge is 0.308 e. The average Bonchev–Trinajstić information content (AvgIpc) is 2.53. The fourth-order valence-corrected chi connectivity index (χ4v) is 3.27. The van der Waals surface area contributed by atoms with Gasteiger partial charge in [0.05, 0.1) is 11.2 Å². The Morgan fingerprint density at radius 3 is 2.75 bits per heavy atom. The summed E-state index contributed by atoms with van der Waals surface area (Å²) < 4.78 is 0. The fourth-order valence-electron chi connectivity index (χ4n) is 3.27. The molecule has 0 spiro atoms. The van der Waals surface area contributed by atoms with Gasteiger partial charge in [-0.25, -0.2) is 0 Å². The molecule has 0 unspecified atom stereocenters. The van der Waals surface area contributed by atoms with E-state index in [-0.39, 0.29) is 0 Å². The number of hydrogen-bond acceptors (Lipinski definition) is 2. The summed E-state index contributed by atoms with van der Waals surface area (Å²) in [6.07, 6.45) is 7.02. The van der Waals surface area contributed by atoms with E-state index >= 15 is 0 Å². The van der Waals surface area contributed by atoms with E-state index in [0.29, 0.717) is 6.04 Å². The molecule has 1 aromatic heterocycles. The molecule has 1 N–H and O–H groups in total. The third-order valence-corrected chi connectivity index (χ3v) is 4.62. The van der Waals surface area contributed by atoms with E-state index < -0.39 is 0 Å². The summed E-state index contributed by atoms with van der Waals surface area (Å²) in [6, 6.07) is 13.2. The Morgan fingerprint density at radius 2 is 1.90 bits per heavy atom. The van der Waals surface area contributed by atoms with Crippen molar-refractivity contribution < 1.29 is 0 Å². The molecule has 106 valence electrons. The van der Waals surface area contributed by atoms with Gasteiger partial charge in [0.15, 0.2) is 0 Å². The molecular formula is C18H24N2. The van der Waals surface area contributed by atoms with E-state index in [4.69, 9.17) is 4.98 Å². The van der Waals surface area contributed by atoms with Gasteiger partial charge in [0.2, 0.25) is 0 Å². The molecule has 1 fully saturated rings. The third kappa shape index (κ3) is 3.18. The lowest BCUT2D eigenvalue weighted by molar-refractivity contribution is 0.280. The second-order valence-electron chi connectivity index (χ2n) is 6.06. The molecule has 2 heteroatoms. The maximum atomic E-state index is 4.73. The summed E-state index contributed by atoms with van der Waals surface area (Å²) >= 11 is 0. The van der Waals surface area contributed by atoms with Crippen molar-refractivity contribution in [3.8, 4) is 0 Å². The van der Waals surface area contributed by atoms with Gasteiger partial charge in [0.25, 0.3) is 0 Å². The minimum absolute atomic E-state index is 0.601. The molecule has 20 heavy (non-hydrogen) atoms. The van der Waals surface area contributed by atoms with Crippen molar-refractivity contribution in [3.63, 3.8) is 0 Å². The van der Waals surface area contributed by atoms with Crippen molar-refractivity contribution in [3.05, 3.63) is 42.1 Å². The fraction of sp³-hybridized carbons (Fsp3) is 0.500. The number of hydrogen-bond donors (Lipinski definition) is 1. The van der Waals surface area contributed by atoms with Gasteiger partial charge >= 0.3 is 0 Å². The van der Waals surface area contributed by atoms with E-state index in [0.717, 1.165) is 23.7 Å². The zero-order valence-electron chi connectivity index (χ0n) is 12.3. The predicted octanol–water partition coefficient (Wildman–Crippen LogP) is 4.29. The van der Waals surface area contributed by atoms with Crippen molar-refractivity contribution in [2.24, 2.45) is 5.92 Å². The summed E-state index contributed by atoms with van der Waals surface area (Å²) in [6.45, 7) is 3.21. The van der Waals surface area contributed by atoms with Crippen molar-refractivity contribution in [1.82, 2.24) is 10.3 Å². The minimum Gasteiger partial charge on any atom is -0.308 e. The molecule has 1 heterocycles. The lowest BCUT2D eigenvalue weighted by Crippen LogP contribution is -2.34. The minimum atomic E-state index is 0.601. The standard InChI is InChI=1S/C18H24N2/c1-14(15-7-3-2-4-8-15)19-13-17-12-11-16-9-5-6-10-18(16)20-17/h5-6,9-12,14-15,19H,2-4,7-8,13H2,1H3/t14-/m1/s1. The summed E-state index contributed by atoms with van der Waals surface area (Å²) in [5.74, 6) is 0.851. The summed E-state index contributed by atoms with van der Waals surface area (Å²) in [5, 5.41) is 4.89. The molecule has 0 saturated heterocycles. The summed E-state index contributed by atoms with van der Waals surface area (Å²) in [4.78, 5) is 4.73. The molecule has 0 radical (unpaired) electrons. The number of nitrogens with zero attached hydrogens (tertiary/aromatic N) is 1. The molecular weight excluding hydrogens is 244 g/mol. The molecule has 3 rings (SSSR count).